The van der Waals surface area contributed by atoms with Gasteiger partial charge < -0.3 is 5.32 Å². The van der Waals surface area contributed by atoms with Crippen LogP contribution in [0, 0.1) is 13.8 Å². The van der Waals surface area contributed by atoms with Crippen LogP contribution in [0.3, 0.4) is 0 Å². The van der Waals surface area contributed by atoms with Gasteiger partial charge in [0.25, 0.3) is 0 Å². The molecule has 108 valence electrons. The highest BCUT2D eigenvalue weighted by Crippen LogP contribution is 2.33. The molecule has 3 aromatic rings. The number of fused-ring (bicyclic) bond motifs is 1. The SMILES string of the molecule is Cc1sc2ncnc(NCC(Cl)c3ccccc3)c2c1C. The Hall–Kier alpha value is -1.65. The summed E-state index contributed by atoms with van der Waals surface area (Å²) in [5.41, 5.74) is 2.35. The molecule has 3 rings (SSSR count). The summed E-state index contributed by atoms with van der Waals surface area (Å²) in [6.07, 6.45) is 1.60. The number of alkyl halides is 1. The van der Waals surface area contributed by atoms with Gasteiger partial charge in [-0.15, -0.1) is 22.9 Å². The zero-order valence-electron chi connectivity index (χ0n) is 11.9. The van der Waals surface area contributed by atoms with Crippen LogP contribution in [0.4, 0.5) is 5.82 Å². The van der Waals surface area contributed by atoms with E-state index in [4.69, 9.17) is 11.6 Å². The van der Waals surface area contributed by atoms with E-state index in [0.717, 1.165) is 21.6 Å². The van der Waals surface area contributed by atoms with Crippen molar-refractivity contribution in [3.8, 4) is 0 Å². The van der Waals surface area contributed by atoms with Gasteiger partial charge in [0.2, 0.25) is 0 Å². The average Bonchev–Trinajstić information content (AvgIpc) is 2.81. The van der Waals surface area contributed by atoms with Crippen LogP contribution in [-0.2, 0) is 0 Å². The molecule has 21 heavy (non-hydrogen) atoms. The number of nitrogens with zero attached hydrogens (tertiary/aromatic N) is 2. The number of hydrogen-bond acceptors (Lipinski definition) is 4. The van der Waals surface area contributed by atoms with Crippen LogP contribution in [-0.4, -0.2) is 16.5 Å². The zero-order valence-corrected chi connectivity index (χ0v) is 13.5. The first-order chi connectivity index (χ1) is 10.2. The van der Waals surface area contributed by atoms with Gasteiger partial charge in [0.1, 0.15) is 17.0 Å². The molecule has 0 fully saturated rings. The minimum atomic E-state index is -0.0868. The first kappa shape index (κ1) is 14.3. The summed E-state index contributed by atoms with van der Waals surface area (Å²) in [6, 6.07) is 10.1. The zero-order chi connectivity index (χ0) is 14.8. The van der Waals surface area contributed by atoms with Gasteiger partial charge in [-0.05, 0) is 25.0 Å². The number of rotatable bonds is 4. The normalized spacial score (nSPS) is 12.5. The monoisotopic (exact) mass is 317 g/mol. The number of hydrogen-bond donors (Lipinski definition) is 1. The van der Waals surface area contributed by atoms with Gasteiger partial charge in [-0.3, -0.25) is 0 Å². The van der Waals surface area contributed by atoms with E-state index >= 15 is 0 Å². The lowest BCUT2D eigenvalue weighted by atomic mass is 10.1. The molecular weight excluding hydrogens is 302 g/mol. The maximum Gasteiger partial charge on any atom is 0.138 e. The molecule has 0 bridgehead atoms. The summed E-state index contributed by atoms with van der Waals surface area (Å²) in [5.74, 6) is 0.864. The van der Waals surface area contributed by atoms with E-state index in [1.807, 2.05) is 30.3 Å². The molecule has 0 amide bonds. The third-order valence-electron chi connectivity index (χ3n) is 3.58. The Kier molecular flexibility index (Phi) is 4.08. The van der Waals surface area contributed by atoms with Gasteiger partial charge in [0.05, 0.1) is 10.8 Å². The Morgan fingerprint density at radius 2 is 1.95 bits per heavy atom. The minimum absolute atomic E-state index is 0.0868. The Labute approximate surface area is 133 Å². The minimum Gasteiger partial charge on any atom is -0.368 e. The second-order valence-corrected chi connectivity index (χ2v) is 6.67. The maximum absolute atomic E-state index is 6.45. The summed E-state index contributed by atoms with van der Waals surface area (Å²) >= 11 is 8.15. The van der Waals surface area contributed by atoms with Crippen LogP contribution in [0.15, 0.2) is 36.7 Å². The molecule has 1 unspecified atom stereocenters. The summed E-state index contributed by atoms with van der Waals surface area (Å²) in [7, 11) is 0. The maximum atomic E-state index is 6.45. The molecule has 0 aliphatic rings. The van der Waals surface area contributed by atoms with Gasteiger partial charge >= 0.3 is 0 Å². The number of halogens is 1. The Bertz CT molecular complexity index is 755. The molecule has 1 N–H and O–H groups in total. The third-order valence-corrected chi connectivity index (χ3v) is 5.10. The predicted molar refractivity (Wildman–Crippen MR) is 90.4 cm³/mol. The van der Waals surface area contributed by atoms with Crippen LogP contribution in [0.5, 0.6) is 0 Å². The topological polar surface area (TPSA) is 37.8 Å². The highest BCUT2D eigenvalue weighted by molar-refractivity contribution is 7.18. The molecular formula is C16H16ClN3S. The molecule has 0 radical (unpaired) electrons. The van der Waals surface area contributed by atoms with Crippen molar-refractivity contribution in [2.75, 3.05) is 11.9 Å². The number of anilines is 1. The van der Waals surface area contributed by atoms with E-state index in [0.29, 0.717) is 6.54 Å². The van der Waals surface area contributed by atoms with Crippen LogP contribution in [0.2, 0.25) is 0 Å². The smallest absolute Gasteiger partial charge is 0.138 e. The molecule has 2 heterocycles. The van der Waals surface area contributed by atoms with Crippen LogP contribution in [0.1, 0.15) is 21.4 Å². The molecule has 1 atom stereocenters. The average molecular weight is 318 g/mol. The van der Waals surface area contributed by atoms with Crippen molar-refractivity contribution in [3.05, 3.63) is 52.7 Å². The van der Waals surface area contributed by atoms with Crippen molar-refractivity contribution in [3.63, 3.8) is 0 Å². The van der Waals surface area contributed by atoms with Gasteiger partial charge in [0, 0.05) is 11.4 Å². The van der Waals surface area contributed by atoms with Crippen molar-refractivity contribution >= 4 is 39.0 Å². The Balaban J connectivity index is 1.83. The number of nitrogens with one attached hydrogen (secondary N) is 1. The van der Waals surface area contributed by atoms with Gasteiger partial charge in [0.15, 0.2) is 0 Å². The molecule has 3 nitrogen and oxygen atoms in total. The first-order valence-corrected chi connectivity index (χ1v) is 8.05. The molecule has 0 saturated heterocycles. The summed E-state index contributed by atoms with van der Waals surface area (Å²) in [6.45, 7) is 4.85. The fraction of sp³-hybridized carbons (Fsp3) is 0.250. The Morgan fingerprint density at radius 3 is 2.71 bits per heavy atom. The summed E-state index contributed by atoms with van der Waals surface area (Å²) in [4.78, 5) is 11.0. The number of aryl methyl sites for hydroxylation is 2. The fourth-order valence-corrected chi connectivity index (χ4v) is 3.50. The molecule has 1 aromatic carbocycles. The first-order valence-electron chi connectivity index (χ1n) is 6.80. The predicted octanol–water partition coefficient (Wildman–Crippen LogP) is 4.70. The van der Waals surface area contributed by atoms with Crippen LogP contribution < -0.4 is 5.32 Å². The lowest BCUT2D eigenvalue weighted by Gasteiger charge is -2.12. The van der Waals surface area contributed by atoms with Gasteiger partial charge in [-0.1, -0.05) is 30.3 Å². The molecule has 0 aliphatic heterocycles. The van der Waals surface area contributed by atoms with Gasteiger partial charge in [-0.25, -0.2) is 9.97 Å². The summed E-state index contributed by atoms with van der Waals surface area (Å²) < 4.78 is 0. The highest BCUT2D eigenvalue weighted by atomic mass is 35.5. The van der Waals surface area contributed by atoms with E-state index in [2.05, 4.69) is 29.1 Å². The molecule has 0 spiro atoms. The Morgan fingerprint density at radius 1 is 1.19 bits per heavy atom. The van der Waals surface area contributed by atoms with Crippen molar-refractivity contribution in [1.29, 1.82) is 0 Å². The fourth-order valence-electron chi connectivity index (χ4n) is 2.28. The lowest BCUT2D eigenvalue weighted by molar-refractivity contribution is 0.967. The molecule has 0 aliphatic carbocycles. The number of aromatic nitrogens is 2. The quantitative estimate of drug-likeness (QED) is 0.709. The standard InChI is InChI=1S/C16H16ClN3S/c1-10-11(2)21-16-14(10)15(19-9-20-16)18-8-13(17)12-6-4-3-5-7-12/h3-7,9,13H,8H2,1-2H3,(H,18,19,20). The van der Waals surface area contributed by atoms with Crippen molar-refractivity contribution in [1.82, 2.24) is 9.97 Å². The van der Waals surface area contributed by atoms with E-state index in [1.54, 1.807) is 17.7 Å². The largest absolute Gasteiger partial charge is 0.368 e. The third kappa shape index (κ3) is 2.87. The van der Waals surface area contributed by atoms with Crippen molar-refractivity contribution in [2.45, 2.75) is 19.2 Å². The van der Waals surface area contributed by atoms with Crippen molar-refractivity contribution in [2.24, 2.45) is 0 Å². The second kappa shape index (κ2) is 6.00. The second-order valence-electron chi connectivity index (χ2n) is 4.94. The molecule has 2 aromatic heterocycles. The summed E-state index contributed by atoms with van der Waals surface area (Å²) in [5, 5.41) is 4.39. The highest BCUT2D eigenvalue weighted by Gasteiger charge is 2.13. The number of thiophene rings is 1. The van der Waals surface area contributed by atoms with Gasteiger partial charge in [-0.2, -0.15) is 0 Å². The molecule has 5 heteroatoms. The van der Waals surface area contributed by atoms with E-state index < -0.39 is 0 Å². The van der Waals surface area contributed by atoms with E-state index in [1.165, 1.54) is 10.4 Å². The van der Waals surface area contributed by atoms with E-state index in [-0.39, 0.29) is 5.38 Å². The lowest BCUT2D eigenvalue weighted by Crippen LogP contribution is -2.09. The number of benzene rings is 1. The van der Waals surface area contributed by atoms with E-state index in [9.17, 15) is 0 Å². The van der Waals surface area contributed by atoms with Crippen LogP contribution >= 0.6 is 22.9 Å². The van der Waals surface area contributed by atoms with Crippen LogP contribution in [0.25, 0.3) is 10.2 Å². The molecule has 0 saturated carbocycles. The van der Waals surface area contributed by atoms with Crippen molar-refractivity contribution < 1.29 is 0 Å².